The summed E-state index contributed by atoms with van der Waals surface area (Å²) in [7, 11) is 3.75. The Balaban J connectivity index is 1.52. The van der Waals surface area contributed by atoms with E-state index in [4.69, 9.17) is 16.3 Å². The molecule has 1 aromatic heterocycles. The molecule has 4 rings (SSSR count). The summed E-state index contributed by atoms with van der Waals surface area (Å²) in [5.74, 6) is 0.248. The third-order valence-corrected chi connectivity index (χ3v) is 5.74. The zero-order valence-corrected chi connectivity index (χ0v) is 18.4. The van der Waals surface area contributed by atoms with Crippen LogP contribution >= 0.6 is 11.6 Å². The molecule has 0 spiro atoms. The minimum Gasteiger partial charge on any atom is -0.378 e. The third-order valence-electron chi connectivity index (χ3n) is 5.49. The second kappa shape index (κ2) is 9.51. The summed E-state index contributed by atoms with van der Waals surface area (Å²) in [5.41, 5.74) is 4.18. The molecule has 1 aliphatic heterocycles. The van der Waals surface area contributed by atoms with Gasteiger partial charge in [0.15, 0.2) is 5.82 Å². The molecule has 0 saturated carbocycles. The van der Waals surface area contributed by atoms with Crippen molar-refractivity contribution in [2.75, 3.05) is 50.6 Å². The van der Waals surface area contributed by atoms with Gasteiger partial charge in [0.2, 0.25) is 0 Å². The fourth-order valence-electron chi connectivity index (χ4n) is 3.71. The van der Waals surface area contributed by atoms with Crippen molar-refractivity contribution in [3.05, 3.63) is 64.8 Å². The highest BCUT2D eigenvalue weighted by Crippen LogP contribution is 2.31. The number of likely N-dealkylation sites (N-methyl/N-ethyl adjacent to an activating group) is 1. The van der Waals surface area contributed by atoms with Crippen molar-refractivity contribution >= 4 is 29.0 Å². The average molecular weight is 440 g/mol. The van der Waals surface area contributed by atoms with Crippen molar-refractivity contribution in [2.24, 2.45) is 0 Å². The first kappa shape index (κ1) is 21.4. The van der Waals surface area contributed by atoms with Crippen LogP contribution in [0.1, 0.15) is 16.1 Å². The van der Waals surface area contributed by atoms with Gasteiger partial charge >= 0.3 is 0 Å². The van der Waals surface area contributed by atoms with E-state index in [1.807, 2.05) is 48.5 Å². The normalized spacial score (nSPS) is 14.6. The number of benzene rings is 2. The summed E-state index contributed by atoms with van der Waals surface area (Å²) in [6.07, 6.45) is 0. The molecule has 2 aromatic carbocycles. The lowest BCUT2D eigenvalue weighted by molar-refractivity contribution is 0.102. The van der Waals surface area contributed by atoms with E-state index in [2.05, 4.69) is 32.4 Å². The number of aromatic nitrogens is 2. The Morgan fingerprint density at radius 2 is 1.77 bits per heavy atom. The number of carbonyl (C=O) groups is 1. The molecule has 2 N–H and O–H groups in total. The lowest BCUT2D eigenvalue weighted by Gasteiger charge is -2.34. The first-order chi connectivity index (χ1) is 15.0. The Bertz CT molecular complexity index is 1030. The van der Waals surface area contributed by atoms with Crippen molar-refractivity contribution < 1.29 is 9.53 Å². The van der Waals surface area contributed by atoms with Crippen LogP contribution in [0.3, 0.4) is 0 Å². The van der Waals surface area contributed by atoms with Gasteiger partial charge in [0, 0.05) is 55.1 Å². The van der Waals surface area contributed by atoms with E-state index in [-0.39, 0.29) is 5.91 Å². The summed E-state index contributed by atoms with van der Waals surface area (Å²) >= 11 is 6.03. The molecule has 0 radical (unpaired) electrons. The monoisotopic (exact) mass is 439 g/mol. The van der Waals surface area contributed by atoms with E-state index < -0.39 is 0 Å². The maximum Gasteiger partial charge on any atom is 0.256 e. The SMILES string of the molecule is COCc1[nH]nc(NC(=O)c2ccc(N3CCN(C)CC3)cc2)c1-c1ccc(Cl)cc1. The molecule has 3 aromatic rings. The number of nitrogens with zero attached hydrogens (tertiary/aromatic N) is 3. The molecule has 0 atom stereocenters. The number of piperazine rings is 1. The van der Waals surface area contributed by atoms with Gasteiger partial charge in [-0.2, -0.15) is 5.10 Å². The van der Waals surface area contributed by atoms with Gasteiger partial charge in [-0.25, -0.2) is 0 Å². The van der Waals surface area contributed by atoms with E-state index in [0.29, 0.717) is 23.0 Å². The second-order valence-corrected chi connectivity index (χ2v) is 8.09. The number of nitrogens with one attached hydrogen (secondary N) is 2. The summed E-state index contributed by atoms with van der Waals surface area (Å²) in [5, 5.41) is 10.9. The van der Waals surface area contributed by atoms with Gasteiger partial charge in [-0.3, -0.25) is 9.89 Å². The zero-order chi connectivity index (χ0) is 21.8. The highest BCUT2D eigenvalue weighted by molar-refractivity contribution is 6.30. The molecule has 162 valence electrons. The number of halogens is 1. The Hall–Kier alpha value is -2.87. The lowest BCUT2D eigenvalue weighted by Crippen LogP contribution is -2.44. The van der Waals surface area contributed by atoms with Gasteiger partial charge in [0.05, 0.1) is 12.3 Å². The van der Waals surface area contributed by atoms with Crippen LogP contribution < -0.4 is 10.2 Å². The van der Waals surface area contributed by atoms with Crippen molar-refractivity contribution in [3.8, 4) is 11.1 Å². The zero-order valence-electron chi connectivity index (χ0n) is 17.7. The number of anilines is 2. The minimum absolute atomic E-state index is 0.212. The number of hydrogen-bond acceptors (Lipinski definition) is 5. The molecule has 31 heavy (non-hydrogen) atoms. The molecule has 1 saturated heterocycles. The van der Waals surface area contributed by atoms with Gasteiger partial charge in [-0.05, 0) is 49.0 Å². The van der Waals surface area contributed by atoms with E-state index in [1.54, 1.807) is 7.11 Å². The molecule has 0 bridgehead atoms. The second-order valence-electron chi connectivity index (χ2n) is 7.66. The largest absolute Gasteiger partial charge is 0.378 e. The number of ether oxygens (including phenoxy) is 1. The summed E-state index contributed by atoms with van der Waals surface area (Å²) < 4.78 is 5.28. The maximum absolute atomic E-state index is 12.9. The number of methoxy groups -OCH3 is 1. The topological polar surface area (TPSA) is 73.5 Å². The Kier molecular flexibility index (Phi) is 6.56. The van der Waals surface area contributed by atoms with Crippen LogP contribution in [0.2, 0.25) is 5.02 Å². The molecule has 0 aliphatic carbocycles. The first-order valence-electron chi connectivity index (χ1n) is 10.2. The molecule has 1 fully saturated rings. The number of hydrogen-bond donors (Lipinski definition) is 2. The minimum atomic E-state index is -0.212. The van der Waals surface area contributed by atoms with Gasteiger partial charge in [-0.1, -0.05) is 23.7 Å². The number of aromatic amines is 1. The Morgan fingerprint density at radius 1 is 1.10 bits per heavy atom. The predicted octanol–water partition coefficient (Wildman–Crippen LogP) is 3.88. The van der Waals surface area contributed by atoms with E-state index in [0.717, 1.165) is 48.7 Å². The molecule has 1 aliphatic rings. The Labute approximate surface area is 187 Å². The summed E-state index contributed by atoms with van der Waals surface area (Å²) in [6.45, 7) is 4.40. The van der Waals surface area contributed by atoms with Crippen LogP contribution in [-0.2, 0) is 11.3 Å². The number of rotatable bonds is 6. The fourth-order valence-corrected chi connectivity index (χ4v) is 3.84. The van der Waals surface area contributed by atoms with E-state index in [9.17, 15) is 4.79 Å². The van der Waals surface area contributed by atoms with Gasteiger partial charge < -0.3 is 19.9 Å². The van der Waals surface area contributed by atoms with E-state index in [1.165, 1.54) is 0 Å². The van der Waals surface area contributed by atoms with E-state index >= 15 is 0 Å². The van der Waals surface area contributed by atoms with Gasteiger partial charge in [-0.15, -0.1) is 0 Å². The molecule has 0 unspecified atom stereocenters. The predicted molar refractivity (Wildman–Crippen MR) is 124 cm³/mol. The van der Waals surface area contributed by atoms with Crippen molar-refractivity contribution in [1.82, 2.24) is 15.1 Å². The molecule has 2 heterocycles. The summed E-state index contributed by atoms with van der Waals surface area (Å²) in [4.78, 5) is 17.6. The maximum atomic E-state index is 12.9. The standard InChI is InChI=1S/C23H26ClN5O2/c1-28-11-13-29(14-12-28)19-9-5-17(6-10-19)23(30)25-22-21(20(15-31-2)26-27-22)16-3-7-18(24)8-4-16/h3-10H,11-15H2,1-2H3,(H2,25,26,27,30). The molecule has 8 heteroatoms. The molecule has 7 nitrogen and oxygen atoms in total. The van der Waals surface area contributed by atoms with Gasteiger partial charge in [0.1, 0.15) is 0 Å². The van der Waals surface area contributed by atoms with Gasteiger partial charge in [0.25, 0.3) is 5.91 Å². The Morgan fingerprint density at radius 3 is 2.42 bits per heavy atom. The van der Waals surface area contributed by atoms with Crippen LogP contribution in [0.25, 0.3) is 11.1 Å². The third kappa shape index (κ3) is 4.90. The quantitative estimate of drug-likeness (QED) is 0.609. The van der Waals surface area contributed by atoms with Crippen LogP contribution in [0.4, 0.5) is 11.5 Å². The number of amides is 1. The lowest BCUT2D eigenvalue weighted by atomic mass is 10.1. The molecule has 1 amide bonds. The first-order valence-corrected chi connectivity index (χ1v) is 10.6. The van der Waals surface area contributed by atoms with Crippen molar-refractivity contribution in [1.29, 1.82) is 0 Å². The summed E-state index contributed by atoms with van der Waals surface area (Å²) in [6, 6.07) is 15.1. The van der Waals surface area contributed by atoms with Crippen molar-refractivity contribution in [2.45, 2.75) is 6.61 Å². The average Bonchev–Trinajstić information content (AvgIpc) is 3.17. The highest BCUT2D eigenvalue weighted by atomic mass is 35.5. The van der Waals surface area contributed by atoms with Crippen LogP contribution in [-0.4, -0.2) is 61.3 Å². The van der Waals surface area contributed by atoms with Crippen LogP contribution in [0, 0.1) is 0 Å². The van der Waals surface area contributed by atoms with Crippen LogP contribution in [0.5, 0.6) is 0 Å². The molecular weight excluding hydrogens is 414 g/mol. The fraction of sp³-hybridized carbons (Fsp3) is 0.304. The number of H-pyrrole nitrogens is 1. The number of carbonyl (C=O) groups excluding carboxylic acids is 1. The van der Waals surface area contributed by atoms with Crippen molar-refractivity contribution in [3.63, 3.8) is 0 Å². The smallest absolute Gasteiger partial charge is 0.256 e. The van der Waals surface area contributed by atoms with Crippen LogP contribution in [0.15, 0.2) is 48.5 Å². The highest BCUT2D eigenvalue weighted by Gasteiger charge is 2.19. The molecular formula is C23H26ClN5O2.